The maximum absolute atomic E-state index is 11.0. The first-order valence-electron chi connectivity index (χ1n) is 13.8. The first-order chi connectivity index (χ1) is 20.2. The van der Waals surface area contributed by atoms with Crippen LogP contribution in [-0.4, -0.2) is 197 Å². The summed E-state index contributed by atoms with van der Waals surface area (Å²) in [6, 6.07) is 0. The average molecular weight is 635 g/mol. The molecule has 4 fully saturated rings. The lowest BCUT2D eigenvalue weighted by Crippen LogP contribution is -2.67. The highest BCUT2D eigenvalue weighted by atomic mass is 16.8. The van der Waals surface area contributed by atoms with Gasteiger partial charge in [-0.05, 0) is 13.8 Å². The van der Waals surface area contributed by atoms with Gasteiger partial charge in [-0.1, -0.05) is 0 Å². The Labute approximate surface area is 244 Å². The van der Waals surface area contributed by atoms with Gasteiger partial charge < -0.3 is 94.4 Å². The highest BCUT2D eigenvalue weighted by Crippen LogP contribution is 2.34. The third-order valence-corrected chi connectivity index (χ3v) is 8.13. The maximum Gasteiger partial charge on any atom is 0.187 e. The van der Waals surface area contributed by atoms with Gasteiger partial charge in [0.1, 0.15) is 85.5 Å². The minimum Gasteiger partial charge on any atom is -0.394 e. The summed E-state index contributed by atoms with van der Waals surface area (Å²) in [6.07, 6.45) is -32.9. The molecule has 0 radical (unpaired) electrons. The van der Waals surface area contributed by atoms with Crippen LogP contribution in [0.3, 0.4) is 0 Å². The first-order valence-corrected chi connectivity index (χ1v) is 13.8. The largest absolute Gasteiger partial charge is 0.394 e. The van der Waals surface area contributed by atoms with Crippen molar-refractivity contribution in [2.75, 3.05) is 13.2 Å². The van der Waals surface area contributed by atoms with E-state index in [0.29, 0.717) is 0 Å². The quantitative estimate of drug-likeness (QED) is 0.118. The van der Waals surface area contributed by atoms with Crippen molar-refractivity contribution in [1.82, 2.24) is 0 Å². The summed E-state index contributed by atoms with van der Waals surface area (Å²) in [5.41, 5.74) is 0. The minimum atomic E-state index is -1.96. The Morgan fingerprint density at radius 1 is 0.419 bits per heavy atom. The Bertz CT molecular complexity index is 870. The molecule has 0 spiro atoms. The summed E-state index contributed by atoms with van der Waals surface area (Å²) in [5, 5.41) is 124. The zero-order valence-electron chi connectivity index (χ0n) is 23.2. The molecule has 4 aliphatic rings. The van der Waals surface area contributed by atoms with E-state index in [-0.39, 0.29) is 0 Å². The molecule has 4 saturated heterocycles. The van der Waals surface area contributed by atoms with E-state index in [2.05, 4.69) is 0 Å². The fourth-order valence-corrected chi connectivity index (χ4v) is 5.41. The molecular formula is C24H42O19. The smallest absolute Gasteiger partial charge is 0.187 e. The Morgan fingerprint density at radius 3 is 1.53 bits per heavy atom. The molecule has 20 atom stereocenters. The van der Waals surface area contributed by atoms with Gasteiger partial charge in [0.25, 0.3) is 0 Å². The van der Waals surface area contributed by atoms with E-state index < -0.39 is 136 Å². The van der Waals surface area contributed by atoms with Crippen molar-refractivity contribution < 1.29 is 94.4 Å². The van der Waals surface area contributed by atoms with Crippen LogP contribution in [0.4, 0.5) is 0 Å². The lowest BCUT2D eigenvalue weighted by molar-refractivity contribution is -0.393. The van der Waals surface area contributed by atoms with E-state index in [1.54, 1.807) is 0 Å². The van der Waals surface area contributed by atoms with Crippen molar-refractivity contribution >= 4 is 0 Å². The van der Waals surface area contributed by atoms with Crippen LogP contribution < -0.4 is 0 Å². The molecule has 19 nitrogen and oxygen atoms in total. The van der Waals surface area contributed by atoms with Gasteiger partial charge in [0.05, 0.1) is 25.4 Å². The van der Waals surface area contributed by atoms with Crippen LogP contribution in [0.2, 0.25) is 0 Å². The standard InChI is InChI=1S/C24H42O19/c1-5-9(27)12(30)15(33)22(38-5)43-20-13(31)11(29)7(3-25)39-24(20)41-18-8(4-26)40-23(16(34)14(18)32)42-19-10(28)6(2)37-21(36)17(19)35/h5-36H,3-4H2,1-2H3/t5-,6-,7+,8+,9+,10+,11-,12+,13-,14+,15-,16+,17-,18+,19+,20+,21+,22-,23-,24-/m0/s1. The molecule has 4 heterocycles. The predicted molar refractivity (Wildman–Crippen MR) is 131 cm³/mol. The SMILES string of the molecule is C[C@@H]1O[C@@H](O[C@H]2[C@H](O[C@H]3[C@H](O)[C@@H](O)[C@H](O[C@@H]4[C@H](O)[C@H](C)O[C@@H](O)[C@H]4O)O[C@@H]3CO)O[C@H](CO)[C@H](O)[C@@H]2O)[C@@H](O)[C@H](O)[C@@H]1O. The van der Waals surface area contributed by atoms with E-state index in [1.165, 1.54) is 13.8 Å². The fourth-order valence-electron chi connectivity index (χ4n) is 5.41. The number of ether oxygens (including phenoxy) is 7. The van der Waals surface area contributed by atoms with Gasteiger partial charge in [0.15, 0.2) is 25.2 Å². The van der Waals surface area contributed by atoms with Crippen LogP contribution in [-0.2, 0) is 33.2 Å². The second-order valence-electron chi connectivity index (χ2n) is 11.1. The lowest BCUT2D eigenvalue weighted by atomic mass is 9.96. The Kier molecular flexibility index (Phi) is 11.7. The van der Waals surface area contributed by atoms with Crippen molar-refractivity contribution in [2.24, 2.45) is 0 Å². The zero-order valence-corrected chi connectivity index (χ0v) is 23.2. The molecular weight excluding hydrogens is 592 g/mol. The van der Waals surface area contributed by atoms with Crippen LogP contribution in [0.15, 0.2) is 0 Å². The molecule has 252 valence electrons. The van der Waals surface area contributed by atoms with Crippen molar-refractivity contribution in [2.45, 2.75) is 137 Å². The van der Waals surface area contributed by atoms with Gasteiger partial charge in [-0.2, -0.15) is 0 Å². The van der Waals surface area contributed by atoms with Crippen molar-refractivity contribution in [3.8, 4) is 0 Å². The highest BCUT2D eigenvalue weighted by Gasteiger charge is 2.55. The molecule has 43 heavy (non-hydrogen) atoms. The number of aliphatic hydroxyl groups is 12. The second kappa shape index (κ2) is 14.3. The summed E-state index contributed by atoms with van der Waals surface area (Å²) < 4.78 is 38.3. The predicted octanol–water partition coefficient (Wildman–Crippen LogP) is -7.69. The fraction of sp³-hybridized carbons (Fsp3) is 1.00. The van der Waals surface area contributed by atoms with Crippen LogP contribution in [0.1, 0.15) is 13.8 Å². The van der Waals surface area contributed by atoms with Crippen LogP contribution >= 0.6 is 0 Å². The first kappa shape index (κ1) is 35.1. The number of aliphatic hydroxyl groups excluding tert-OH is 12. The van der Waals surface area contributed by atoms with E-state index in [4.69, 9.17) is 33.2 Å². The highest BCUT2D eigenvalue weighted by molar-refractivity contribution is 4.97. The summed E-state index contributed by atoms with van der Waals surface area (Å²) in [6.45, 7) is 1.07. The average Bonchev–Trinajstić information content (AvgIpc) is 2.98. The number of rotatable bonds is 8. The van der Waals surface area contributed by atoms with E-state index in [1.807, 2.05) is 0 Å². The Balaban J connectivity index is 1.52. The molecule has 0 aromatic carbocycles. The Hall–Kier alpha value is -0.760. The van der Waals surface area contributed by atoms with Gasteiger partial charge in [0.2, 0.25) is 0 Å². The van der Waals surface area contributed by atoms with E-state index in [0.717, 1.165) is 0 Å². The maximum atomic E-state index is 11.0. The molecule has 0 bridgehead atoms. The van der Waals surface area contributed by atoms with Crippen LogP contribution in [0, 0.1) is 0 Å². The van der Waals surface area contributed by atoms with Gasteiger partial charge in [-0.25, -0.2) is 0 Å². The van der Waals surface area contributed by atoms with Crippen molar-refractivity contribution in [1.29, 1.82) is 0 Å². The summed E-state index contributed by atoms with van der Waals surface area (Å²) >= 11 is 0. The monoisotopic (exact) mass is 634 g/mol. The molecule has 0 aromatic heterocycles. The lowest BCUT2D eigenvalue weighted by Gasteiger charge is -2.49. The molecule has 4 aliphatic heterocycles. The van der Waals surface area contributed by atoms with Crippen LogP contribution in [0.25, 0.3) is 0 Å². The molecule has 0 saturated carbocycles. The third-order valence-electron chi connectivity index (χ3n) is 8.13. The van der Waals surface area contributed by atoms with E-state index in [9.17, 15) is 61.3 Å². The molecule has 4 rings (SSSR count). The van der Waals surface area contributed by atoms with Gasteiger partial charge in [-0.3, -0.25) is 0 Å². The normalized spacial score (nSPS) is 54.8. The van der Waals surface area contributed by atoms with Gasteiger partial charge >= 0.3 is 0 Å². The summed E-state index contributed by atoms with van der Waals surface area (Å²) in [4.78, 5) is 0. The van der Waals surface area contributed by atoms with Gasteiger partial charge in [-0.15, -0.1) is 0 Å². The van der Waals surface area contributed by atoms with Gasteiger partial charge in [0, 0.05) is 0 Å². The summed E-state index contributed by atoms with van der Waals surface area (Å²) in [7, 11) is 0. The van der Waals surface area contributed by atoms with Crippen LogP contribution in [0.5, 0.6) is 0 Å². The Morgan fingerprint density at radius 2 is 0.907 bits per heavy atom. The molecule has 12 N–H and O–H groups in total. The molecule has 0 aromatic rings. The second-order valence-corrected chi connectivity index (χ2v) is 11.1. The third kappa shape index (κ3) is 7.00. The van der Waals surface area contributed by atoms with Crippen molar-refractivity contribution in [3.63, 3.8) is 0 Å². The topological polar surface area (TPSA) is 307 Å². The molecule has 0 amide bonds. The number of hydrogen-bond donors (Lipinski definition) is 12. The molecule has 0 aliphatic carbocycles. The van der Waals surface area contributed by atoms with E-state index >= 15 is 0 Å². The summed E-state index contributed by atoms with van der Waals surface area (Å²) in [5.74, 6) is 0. The zero-order chi connectivity index (χ0) is 31.9. The minimum absolute atomic E-state index is 0.818. The molecule has 19 heteroatoms. The number of hydrogen-bond acceptors (Lipinski definition) is 19. The van der Waals surface area contributed by atoms with Crippen molar-refractivity contribution in [3.05, 3.63) is 0 Å². The molecule has 0 unspecified atom stereocenters.